The molecule has 3 heteroatoms. The number of nitriles is 1. The van der Waals surface area contributed by atoms with Gasteiger partial charge in [0.2, 0.25) is 0 Å². The molecule has 0 aliphatic carbocycles. The van der Waals surface area contributed by atoms with Gasteiger partial charge in [0.15, 0.2) is 0 Å². The second-order valence-electron chi connectivity index (χ2n) is 4.70. The van der Waals surface area contributed by atoms with Crippen molar-refractivity contribution < 1.29 is 4.74 Å². The van der Waals surface area contributed by atoms with Gasteiger partial charge < -0.3 is 4.74 Å². The van der Waals surface area contributed by atoms with Crippen molar-refractivity contribution >= 4 is 11.8 Å². The third-order valence-electron chi connectivity index (χ3n) is 3.12. The number of methoxy groups -OCH3 is 1. The molecule has 0 heterocycles. The molecule has 0 fully saturated rings. The van der Waals surface area contributed by atoms with E-state index in [2.05, 4.69) is 38.1 Å². The minimum atomic E-state index is 0.669. The van der Waals surface area contributed by atoms with E-state index in [0.29, 0.717) is 5.56 Å². The quantitative estimate of drug-likeness (QED) is 0.776. The largest absolute Gasteiger partial charge is 0.496 e. The molecule has 0 aliphatic rings. The predicted octanol–water partition coefficient (Wildman–Crippen LogP) is 4.48. The molecule has 0 bridgehead atoms. The molecule has 0 amide bonds. The smallest absolute Gasteiger partial charge is 0.122 e. The number of hydrogen-bond donors (Lipinski definition) is 0. The van der Waals surface area contributed by atoms with Gasteiger partial charge in [-0.05, 0) is 43.7 Å². The summed E-state index contributed by atoms with van der Waals surface area (Å²) in [6.07, 6.45) is 0. The van der Waals surface area contributed by atoms with Crippen molar-refractivity contribution in [1.29, 1.82) is 5.26 Å². The summed E-state index contributed by atoms with van der Waals surface area (Å²) < 4.78 is 5.36. The molecule has 0 N–H and O–H groups in total. The third-order valence-corrected chi connectivity index (χ3v) is 4.35. The molecule has 0 atom stereocenters. The van der Waals surface area contributed by atoms with E-state index in [1.54, 1.807) is 24.9 Å². The van der Waals surface area contributed by atoms with Crippen molar-refractivity contribution in [2.45, 2.75) is 24.5 Å². The normalized spacial score (nSPS) is 10.1. The van der Waals surface area contributed by atoms with Crippen LogP contribution in [0.3, 0.4) is 0 Å². The highest BCUT2D eigenvalue weighted by atomic mass is 32.2. The number of benzene rings is 2. The lowest BCUT2D eigenvalue weighted by Crippen LogP contribution is -1.92. The molecule has 20 heavy (non-hydrogen) atoms. The first-order valence-electron chi connectivity index (χ1n) is 6.41. The number of rotatable bonds is 4. The highest BCUT2D eigenvalue weighted by Crippen LogP contribution is 2.30. The van der Waals surface area contributed by atoms with Crippen LogP contribution >= 0.6 is 11.8 Å². The van der Waals surface area contributed by atoms with Crippen molar-refractivity contribution in [2.75, 3.05) is 7.11 Å². The van der Waals surface area contributed by atoms with Crippen molar-refractivity contribution in [3.8, 4) is 11.8 Å². The second kappa shape index (κ2) is 6.49. The van der Waals surface area contributed by atoms with E-state index in [9.17, 15) is 0 Å². The van der Waals surface area contributed by atoms with Crippen LogP contribution in [0.4, 0.5) is 0 Å². The van der Waals surface area contributed by atoms with Gasteiger partial charge in [0.25, 0.3) is 0 Å². The van der Waals surface area contributed by atoms with Crippen molar-refractivity contribution in [2.24, 2.45) is 0 Å². The van der Waals surface area contributed by atoms with Gasteiger partial charge in [-0.25, -0.2) is 0 Å². The minimum Gasteiger partial charge on any atom is -0.496 e. The van der Waals surface area contributed by atoms with Gasteiger partial charge in [-0.15, -0.1) is 11.8 Å². The summed E-state index contributed by atoms with van der Waals surface area (Å²) in [4.78, 5) is 1.26. The third kappa shape index (κ3) is 3.34. The Bertz CT molecular complexity index is 659. The zero-order chi connectivity index (χ0) is 14.5. The molecule has 0 saturated heterocycles. The first kappa shape index (κ1) is 14.5. The van der Waals surface area contributed by atoms with Crippen molar-refractivity contribution in [1.82, 2.24) is 0 Å². The summed E-state index contributed by atoms with van der Waals surface area (Å²) >= 11 is 1.77. The Hall–Kier alpha value is -1.92. The van der Waals surface area contributed by atoms with Crippen LogP contribution in [0, 0.1) is 25.2 Å². The zero-order valence-electron chi connectivity index (χ0n) is 11.9. The van der Waals surface area contributed by atoms with E-state index in [4.69, 9.17) is 10.00 Å². The summed E-state index contributed by atoms with van der Waals surface area (Å²) in [6.45, 7) is 4.22. The fraction of sp³-hybridized carbons (Fsp3) is 0.235. The Labute approximate surface area is 124 Å². The molecule has 0 aromatic heterocycles. The second-order valence-corrected chi connectivity index (χ2v) is 5.71. The van der Waals surface area contributed by atoms with E-state index in [1.807, 2.05) is 12.1 Å². The number of aryl methyl sites for hydroxylation is 2. The fourth-order valence-corrected chi connectivity index (χ4v) is 3.07. The molecule has 2 nitrogen and oxygen atoms in total. The Kier molecular flexibility index (Phi) is 4.70. The van der Waals surface area contributed by atoms with E-state index in [-0.39, 0.29) is 0 Å². The zero-order valence-corrected chi connectivity index (χ0v) is 12.8. The van der Waals surface area contributed by atoms with E-state index < -0.39 is 0 Å². The summed E-state index contributed by atoms with van der Waals surface area (Å²) in [5, 5.41) is 8.99. The van der Waals surface area contributed by atoms with Gasteiger partial charge in [-0.2, -0.15) is 5.26 Å². The molecular weight excluding hydrogens is 266 g/mol. The number of hydrogen-bond acceptors (Lipinski definition) is 3. The summed E-state index contributed by atoms with van der Waals surface area (Å²) in [6, 6.07) is 14.2. The maximum absolute atomic E-state index is 8.99. The highest BCUT2D eigenvalue weighted by Gasteiger charge is 2.07. The lowest BCUT2D eigenvalue weighted by molar-refractivity contribution is 0.411. The van der Waals surface area contributed by atoms with Crippen LogP contribution in [-0.2, 0) is 5.75 Å². The topological polar surface area (TPSA) is 33.0 Å². The SMILES string of the molecule is COc1ccc(C#N)cc1CSc1ccc(C)cc1C. The van der Waals surface area contributed by atoms with Gasteiger partial charge in [0.1, 0.15) is 5.75 Å². The average Bonchev–Trinajstić information content (AvgIpc) is 2.46. The standard InChI is InChI=1S/C17H17NOS/c1-12-4-7-17(13(2)8-12)20-11-15-9-14(10-18)5-6-16(15)19-3/h4-9H,11H2,1-3H3. The molecule has 2 aromatic carbocycles. The van der Waals surface area contributed by atoms with E-state index in [1.165, 1.54) is 16.0 Å². The van der Waals surface area contributed by atoms with Crippen molar-refractivity contribution in [3.63, 3.8) is 0 Å². The average molecular weight is 283 g/mol. The van der Waals surface area contributed by atoms with Crippen molar-refractivity contribution in [3.05, 3.63) is 58.7 Å². The van der Waals surface area contributed by atoms with Crippen LogP contribution in [0.25, 0.3) is 0 Å². The minimum absolute atomic E-state index is 0.669. The maximum atomic E-state index is 8.99. The molecular formula is C17H17NOS. The number of ether oxygens (including phenoxy) is 1. The molecule has 2 aromatic rings. The van der Waals surface area contributed by atoms with E-state index >= 15 is 0 Å². The Morgan fingerprint density at radius 3 is 2.60 bits per heavy atom. The predicted molar refractivity (Wildman–Crippen MR) is 83.2 cm³/mol. The fourth-order valence-electron chi connectivity index (χ4n) is 2.08. The van der Waals surface area contributed by atoms with Crippen LogP contribution in [-0.4, -0.2) is 7.11 Å². The van der Waals surface area contributed by atoms with Gasteiger partial charge in [-0.3, -0.25) is 0 Å². The molecule has 0 saturated carbocycles. The lowest BCUT2D eigenvalue weighted by atomic mass is 10.1. The molecule has 2 rings (SSSR count). The van der Waals surface area contributed by atoms with Crippen LogP contribution in [0.5, 0.6) is 5.75 Å². The Morgan fingerprint density at radius 2 is 1.95 bits per heavy atom. The summed E-state index contributed by atoms with van der Waals surface area (Å²) in [7, 11) is 1.66. The molecule has 0 spiro atoms. The van der Waals surface area contributed by atoms with E-state index in [0.717, 1.165) is 17.1 Å². The van der Waals surface area contributed by atoms with Crippen LogP contribution in [0.15, 0.2) is 41.3 Å². The molecule has 102 valence electrons. The maximum Gasteiger partial charge on any atom is 0.122 e. The molecule has 0 aliphatic heterocycles. The van der Waals surface area contributed by atoms with Crippen LogP contribution in [0.1, 0.15) is 22.3 Å². The highest BCUT2D eigenvalue weighted by molar-refractivity contribution is 7.98. The van der Waals surface area contributed by atoms with Gasteiger partial charge >= 0.3 is 0 Å². The summed E-state index contributed by atoms with van der Waals surface area (Å²) in [5.74, 6) is 1.63. The van der Waals surface area contributed by atoms with Gasteiger partial charge in [0, 0.05) is 16.2 Å². The van der Waals surface area contributed by atoms with Crippen LogP contribution < -0.4 is 4.74 Å². The first-order valence-corrected chi connectivity index (χ1v) is 7.39. The number of thioether (sulfide) groups is 1. The monoisotopic (exact) mass is 283 g/mol. The van der Waals surface area contributed by atoms with Gasteiger partial charge in [0.05, 0.1) is 18.7 Å². The Morgan fingerprint density at radius 1 is 1.15 bits per heavy atom. The van der Waals surface area contributed by atoms with Gasteiger partial charge in [-0.1, -0.05) is 17.7 Å². The van der Waals surface area contributed by atoms with Crippen LogP contribution in [0.2, 0.25) is 0 Å². The summed E-state index contributed by atoms with van der Waals surface area (Å²) in [5.41, 5.74) is 4.28. The number of nitrogens with zero attached hydrogens (tertiary/aromatic N) is 1. The molecule has 0 radical (unpaired) electrons. The first-order chi connectivity index (χ1) is 9.63. The molecule has 0 unspecified atom stereocenters. The Balaban J connectivity index is 2.20. The lowest BCUT2D eigenvalue weighted by Gasteiger charge is -2.10.